The molecule has 0 spiro atoms. The Hall–Kier alpha value is -1.48. The van der Waals surface area contributed by atoms with Crippen LogP contribution < -0.4 is 0 Å². The highest BCUT2D eigenvalue weighted by molar-refractivity contribution is 5.05. The molecule has 3 heteroatoms. The van der Waals surface area contributed by atoms with Crippen LogP contribution in [0.5, 0.6) is 0 Å². The van der Waals surface area contributed by atoms with Crippen LogP contribution in [0.3, 0.4) is 0 Å². The van der Waals surface area contributed by atoms with Crippen molar-refractivity contribution in [3.05, 3.63) is 48.3 Å². The highest BCUT2D eigenvalue weighted by atomic mass is 16.5. The van der Waals surface area contributed by atoms with Crippen molar-refractivity contribution in [3.8, 4) is 0 Å². The fourth-order valence-corrected chi connectivity index (χ4v) is 1.19. The topological polar surface area (TPSA) is 35.5 Å². The van der Waals surface area contributed by atoms with Crippen molar-refractivity contribution >= 4 is 0 Å². The average molecular weight is 192 g/mol. The molecule has 74 valence electrons. The number of ether oxygens (including phenoxy) is 1. The lowest BCUT2D eigenvalue weighted by atomic mass is 10.3. The van der Waals surface area contributed by atoms with Gasteiger partial charge in [-0.05, 0) is 30.2 Å². The second-order valence-corrected chi connectivity index (χ2v) is 3.01. The molecule has 0 saturated carbocycles. The Kier molecular flexibility index (Phi) is 3.03. The van der Waals surface area contributed by atoms with Crippen LogP contribution in [-0.2, 0) is 17.8 Å². The van der Waals surface area contributed by atoms with Crippen LogP contribution in [0.4, 0.5) is 0 Å². The summed E-state index contributed by atoms with van der Waals surface area (Å²) in [7, 11) is 0. The van der Waals surface area contributed by atoms with E-state index < -0.39 is 0 Å². The standard InChI is InChI=1S/C11H12O3/c1-2-11(14-5-1)9-13-7-4-10-3-6-12-8-10/h1-3,5-6,8H,4,7,9H2. The molecule has 0 unspecified atom stereocenters. The molecular formula is C11H12O3. The molecule has 2 heterocycles. The molecule has 0 aliphatic heterocycles. The lowest BCUT2D eigenvalue weighted by Crippen LogP contribution is -1.97. The van der Waals surface area contributed by atoms with Gasteiger partial charge in [0.05, 0.1) is 25.4 Å². The second kappa shape index (κ2) is 4.67. The molecule has 0 aliphatic rings. The van der Waals surface area contributed by atoms with E-state index in [1.165, 1.54) is 0 Å². The van der Waals surface area contributed by atoms with Gasteiger partial charge in [0.2, 0.25) is 0 Å². The van der Waals surface area contributed by atoms with Crippen LogP contribution in [0.15, 0.2) is 45.8 Å². The Morgan fingerprint density at radius 1 is 1.21 bits per heavy atom. The van der Waals surface area contributed by atoms with Crippen molar-refractivity contribution in [2.45, 2.75) is 13.0 Å². The molecule has 2 rings (SSSR count). The smallest absolute Gasteiger partial charge is 0.129 e. The molecule has 3 nitrogen and oxygen atoms in total. The first-order chi connectivity index (χ1) is 6.95. The zero-order valence-corrected chi connectivity index (χ0v) is 7.81. The SMILES string of the molecule is c1coc(COCCc2ccoc2)c1. The van der Waals surface area contributed by atoms with Crippen LogP contribution >= 0.6 is 0 Å². The summed E-state index contributed by atoms with van der Waals surface area (Å²) in [5.41, 5.74) is 1.16. The van der Waals surface area contributed by atoms with Gasteiger partial charge in [-0.3, -0.25) is 0 Å². The summed E-state index contributed by atoms with van der Waals surface area (Å²) in [6.07, 6.45) is 5.92. The molecule has 0 amide bonds. The lowest BCUT2D eigenvalue weighted by molar-refractivity contribution is 0.109. The molecule has 2 aromatic rings. The van der Waals surface area contributed by atoms with E-state index in [0.717, 1.165) is 17.7 Å². The highest BCUT2D eigenvalue weighted by Crippen LogP contribution is 2.04. The summed E-state index contributed by atoms with van der Waals surface area (Å²) in [5.74, 6) is 0.859. The van der Waals surface area contributed by atoms with Crippen LogP contribution in [0.1, 0.15) is 11.3 Å². The van der Waals surface area contributed by atoms with Crippen molar-refractivity contribution in [3.63, 3.8) is 0 Å². The Morgan fingerprint density at radius 3 is 2.93 bits per heavy atom. The van der Waals surface area contributed by atoms with Gasteiger partial charge in [-0.25, -0.2) is 0 Å². The average Bonchev–Trinajstić information content (AvgIpc) is 2.86. The van der Waals surface area contributed by atoms with Crippen LogP contribution in [0.2, 0.25) is 0 Å². The number of hydrogen-bond acceptors (Lipinski definition) is 3. The third-order valence-corrected chi connectivity index (χ3v) is 1.94. The van der Waals surface area contributed by atoms with E-state index in [0.29, 0.717) is 13.2 Å². The fraction of sp³-hybridized carbons (Fsp3) is 0.273. The quantitative estimate of drug-likeness (QED) is 0.683. The van der Waals surface area contributed by atoms with Gasteiger partial charge in [0, 0.05) is 0 Å². The predicted octanol–water partition coefficient (Wildman–Crippen LogP) is 2.63. The zero-order chi connectivity index (χ0) is 9.64. The van der Waals surface area contributed by atoms with E-state index in [-0.39, 0.29) is 0 Å². The Labute approximate surface area is 82.3 Å². The molecule has 0 aromatic carbocycles. The molecule has 0 atom stereocenters. The summed E-state index contributed by atoms with van der Waals surface area (Å²) in [6, 6.07) is 5.70. The van der Waals surface area contributed by atoms with Crippen molar-refractivity contribution in [2.24, 2.45) is 0 Å². The van der Waals surface area contributed by atoms with Crippen LogP contribution in [0, 0.1) is 0 Å². The molecule has 0 N–H and O–H groups in total. The summed E-state index contributed by atoms with van der Waals surface area (Å²) in [6.45, 7) is 1.21. The second-order valence-electron chi connectivity index (χ2n) is 3.01. The Morgan fingerprint density at radius 2 is 2.21 bits per heavy atom. The van der Waals surface area contributed by atoms with Crippen molar-refractivity contribution in [1.29, 1.82) is 0 Å². The first-order valence-electron chi connectivity index (χ1n) is 4.56. The monoisotopic (exact) mass is 192 g/mol. The summed E-state index contributed by atoms with van der Waals surface area (Å²) in [4.78, 5) is 0. The molecule has 0 saturated heterocycles. The molecular weight excluding hydrogens is 180 g/mol. The third-order valence-electron chi connectivity index (χ3n) is 1.94. The molecule has 0 bridgehead atoms. The Balaban J connectivity index is 1.65. The Bertz CT molecular complexity index is 298. The predicted molar refractivity (Wildman–Crippen MR) is 50.8 cm³/mol. The first-order valence-corrected chi connectivity index (χ1v) is 4.56. The lowest BCUT2D eigenvalue weighted by Gasteiger charge is -1.99. The van der Waals surface area contributed by atoms with Crippen LogP contribution in [-0.4, -0.2) is 6.61 Å². The van der Waals surface area contributed by atoms with E-state index in [4.69, 9.17) is 13.6 Å². The maximum atomic E-state index is 5.42. The van der Waals surface area contributed by atoms with E-state index in [1.807, 2.05) is 18.2 Å². The maximum Gasteiger partial charge on any atom is 0.129 e. The van der Waals surface area contributed by atoms with Gasteiger partial charge in [0.15, 0.2) is 0 Å². The molecule has 0 aliphatic carbocycles. The van der Waals surface area contributed by atoms with Gasteiger partial charge in [-0.1, -0.05) is 0 Å². The van der Waals surface area contributed by atoms with Crippen molar-refractivity contribution in [1.82, 2.24) is 0 Å². The van der Waals surface area contributed by atoms with Gasteiger partial charge in [0.1, 0.15) is 12.4 Å². The summed E-state index contributed by atoms with van der Waals surface area (Å²) < 4.78 is 15.5. The van der Waals surface area contributed by atoms with E-state index in [2.05, 4.69) is 0 Å². The molecule has 2 aromatic heterocycles. The number of hydrogen-bond donors (Lipinski definition) is 0. The minimum Gasteiger partial charge on any atom is -0.472 e. The van der Waals surface area contributed by atoms with E-state index in [1.54, 1.807) is 18.8 Å². The fourth-order valence-electron chi connectivity index (χ4n) is 1.19. The summed E-state index contributed by atoms with van der Waals surface area (Å²) >= 11 is 0. The zero-order valence-electron chi connectivity index (χ0n) is 7.81. The maximum absolute atomic E-state index is 5.42. The van der Waals surface area contributed by atoms with Gasteiger partial charge in [0.25, 0.3) is 0 Å². The molecule has 0 radical (unpaired) electrons. The van der Waals surface area contributed by atoms with Crippen LogP contribution in [0.25, 0.3) is 0 Å². The van der Waals surface area contributed by atoms with E-state index in [9.17, 15) is 0 Å². The first kappa shape index (κ1) is 9.09. The summed E-state index contributed by atoms with van der Waals surface area (Å²) in [5, 5.41) is 0. The largest absolute Gasteiger partial charge is 0.472 e. The van der Waals surface area contributed by atoms with Gasteiger partial charge < -0.3 is 13.6 Å². The van der Waals surface area contributed by atoms with E-state index >= 15 is 0 Å². The van der Waals surface area contributed by atoms with Gasteiger partial charge in [-0.2, -0.15) is 0 Å². The molecule has 14 heavy (non-hydrogen) atoms. The van der Waals surface area contributed by atoms with Crippen molar-refractivity contribution < 1.29 is 13.6 Å². The van der Waals surface area contributed by atoms with Gasteiger partial charge in [-0.15, -0.1) is 0 Å². The third kappa shape index (κ3) is 2.50. The highest BCUT2D eigenvalue weighted by Gasteiger charge is 1.97. The molecule has 0 fully saturated rings. The van der Waals surface area contributed by atoms with Gasteiger partial charge >= 0.3 is 0 Å². The minimum absolute atomic E-state index is 0.533. The minimum atomic E-state index is 0.533. The van der Waals surface area contributed by atoms with Crippen molar-refractivity contribution in [2.75, 3.05) is 6.61 Å². The normalized spacial score (nSPS) is 10.6. The number of rotatable bonds is 5. The number of furan rings is 2.